The third kappa shape index (κ3) is 3.25. The van der Waals surface area contributed by atoms with Crippen molar-refractivity contribution in [2.24, 2.45) is 5.73 Å². The maximum Gasteiger partial charge on any atom is 0.120 e. The van der Waals surface area contributed by atoms with Gasteiger partial charge in [-0.2, -0.15) is 0 Å². The van der Waals surface area contributed by atoms with E-state index in [4.69, 9.17) is 15.2 Å². The first-order valence-corrected chi connectivity index (χ1v) is 7.14. The summed E-state index contributed by atoms with van der Waals surface area (Å²) in [7, 11) is 0. The number of rotatable bonds is 4. The largest absolute Gasteiger partial charge is 0.491 e. The number of halogens is 1. The molecule has 2 unspecified atom stereocenters. The van der Waals surface area contributed by atoms with Gasteiger partial charge in [-0.15, -0.1) is 0 Å². The van der Waals surface area contributed by atoms with E-state index in [1.54, 1.807) is 0 Å². The second-order valence-electron chi connectivity index (χ2n) is 4.88. The monoisotopic (exact) mass is 313 g/mol. The topological polar surface area (TPSA) is 44.5 Å². The molecule has 100 valence electrons. The quantitative estimate of drug-likeness (QED) is 0.929. The van der Waals surface area contributed by atoms with Crippen LogP contribution in [-0.2, 0) is 4.74 Å². The van der Waals surface area contributed by atoms with Gasteiger partial charge >= 0.3 is 0 Å². The lowest BCUT2D eigenvalue weighted by Crippen LogP contribution is -2.23. The summed E-state index contributed by atoms with van der Waals surface area (Å²) in [6, 6.07) is 4.10. The summed E-state index contributed by atoms with van der Waals surface area (Å²) in [6.45, 7) is 5.35. The van der Waals surface area contributed by atoms with Crippen molar-refractivity contribution in [2.45, 2.75) is 38.9 Å². The van der Waals surface area contributed by atoms with Gasteiger partial charge in [-0.25, -0.2) is 0 Å². The minimum absolute atomic E-state index is 0.183. The molecule has 1 aromatic rings. The number of hydrogen-bond acceptors (Lipinski definition) is 3. The van der Waals surface area contributed by atoms with Crippen LogP contribution in [0.25, 0.3) is 0 Å². The minimum atomic E-state index is 0.183. The van der Waals surface area contributed by atoms with Crippen molar-refractivity contribution in [1.29, 1.82) is 0 Å². The van der Waals surface area contributed by atoms with Crippen LogP contribution in [0, 0.1) is 13.8 Å². The molecule has 3 nitrogen and oxygen atoms in total. The zero-order chi connectivity index (χ0) is 13.1. The van der Waals surface area contributed by atoms with Crippen molar-refractivity contribution in [3.8, 4) is 5.75 Å². The molecule has 0 aliphatic carbocycles. The highest BCUT2D eigenvalue weighted by Crippen LogP contribution is 2.27. The second-order valence-corrected chi connectivity index (χ2v) is 5.67. The zero-order valence-electron chi connectivity index (χ0n) is 10.9. The molecule has 1 heterocycles. The molecular formula is C14H20BrNO2. The lowest BCUT2D eigenvalue weighted by atomic mass is 10.1. The van der Waals surface area contributed by atoms with Crippen molar-refractivity contribution in [1.82, 2.24) is 0 Å². The molecule has 4 heteroatoms. The van der Waals surface area contributed by atoms with Crippen LogP contribution in [0.1, 0.15) is 24.0 Å². The van der Waals surface area contributed by atoms with E-state index in [1.807, 2.05) is 12.1 Å². The third-order valence-corrected chi connectivity index (χ3v) is 4.56. The lowest BCUT2D eigenvalue weighted by molar-refractivity contribution is 0.0222. The Kier molecular flexibility index (Phi) is 4.65. The van der Waals surface area contributed by atoms with Gasteiger partial charge in [0.25, 0.3) is 0 Å². The molecule has 2 rings (SSSR count). The third-order valence-electron chi connectivity index (χ3n) is 3.30. The van der Waals surface area contributed by atoms with Gasteiger partial charge in [0.1, 0.15) is 12.4 Å². The van der Waals surface area contributed by atoms with Crippen molar-refractivity contribution >= 4 is 15.9 Å². The van der Waals surface area contributed by atoms with Gasteiger partial charge in [0.2, 0.25) is 0 Å². The Bertz CT molecular complexity index is 399. The lowest BCUT2D eigenvalue weighted by Gasteiger charge is -2.15. The summed E-state index contributed by atoms with van der Waals surface area (Å²) in [5, 5.41) is 0. The van der Waals surface area contributed by atoms with Crippen LogP contribution in [0.3, 0.4) is 0 Å². The summed E-state index contributed by atoms with van der Waals surface area (Å²) in [5.74, 6) is 0.910. The number of benzene rings is 1. The summed E-state index contributed by atoms with van der Waals surface area (Å²) >= 11 is 3.55. The van der Waals surface area contributed by atoms with E-state index in [9.17, 15) is 0 Å². The highest BCUT2D eigenvalue weighted by atomic mass is 79.9. The molecule has 0 amide bonds. The zero-order valence-corrected chi connectivity index (χ0v) is 12.5. The second kappa shape index (κ2) is 6.04. The summed E-state index contributed by atoms with van der Waals surface area (Å²) in [6.07, 6.45) is 2.48. The molecule has 1 aromatic carbocycles. The van der Waals surface area contributed by atoms with Gasteiger partial charge in [0, 0.05) is 11.0 Å². The number of nitrogens with two attached hydrogens (primary N) is 1. The minimum Gasteiger partial charge on any atom is -0.491 e. The molecule has 0 bridgehead atoms. The Morgan fingerprint density at radius 3 is 2.44 bits per heavy atom. The smallest absolute Gasteiger partial charge is 0.120 e. The Hall–Kier alpha value is -0.580. The Balaban J connectivity index is 1.91. The van der Waals surface area contributed by atoms with Gasteiger partial charge in [-0.05, 0) is 49.9 Å². The molecule has 1 aliphatic heterocycles. The van der Waals surface area contributed by atoms with E-state index in [0.29, 0.717) is 13.2 Å². The van der Waals surface area contributed by atoms with Crippen LogP contribution < -0.4 is 10.5 Å². The standard InChI is InChI=1S/C14H20BrNO2/c1-9-5-13(6-10(2)14(9)15)17-8-12-4-3-11(7-16)18-12/h5-6,11-12H,3-4,7-8,16H2,1-2H3. The summed E-state index contributed by atoms with van der Waals surface area (Å²) in [4.78, 5) is 0. The molecule has 2 atom stereocenters. The summed E-state index contributed by atoms with van der Waals surface area (Å²) < 4.78 is 12.7. The van der Waals surface area contributed by atoms with E-state index in [-0.39, 0.29) is 12.2 Å². The first kappa shape index (κ1) is 13.8. The fourth-order valence-electron chi connectivity index (χ4n) is 2.25. The van der Waals surface area contributed by atoms with Gasteiger partial charge in [0.05, 0.1) is 12.2 Å². The molecule has 1 fully saturated rings. The van der Waals surface area contributed by atoms with E-state index in [2.05, 4.69) is 29.8 Å². The Morgan fingerprint density at radius 2 is 1.89 bits per heavy atom. The van der Waals surface area contributed by atoms with Crippen molar-refractivity contribution in [3.05, 3.63) is 27.7 Å². The summed E-state index contributed by atoms with van der Waals surface area (Å²) in [5.41, 5.74) is 7.97. The van der Waals surface area contributed by atoms with Crippen LogP contribution in [0.4, 0.5) is 0 Å². The fraction of sp³-hybridized carbons (Fsp3) is 0.571. The number of hydrogen-bond donors (Lipinski definition) is 1. The van der Waals surface area contributed by atoms with Crippen LogP contribution >= 0.6 is 15.9 Å². The molecule has 18 heavy (non-hydrogen) atoms. The molecule has 1 saturated heterocycles. The molecule has 0 radical (unpaired) electrons. The fourth-order valence-corrected chi connectivity index (χ4v) is 2.48. The first-order valence-electron chi connectivity index (χ1n) is 6.35. The molecule has 0 spiro atoms. The number of aryl methyl sites for hydroxylation is 2. The molecule has 2 N–H and O–H groups in total. The van der Waals surface area contributed by atoms with E-state index in [1.165, 1.54) is 11.1 Å². The maximum absolute atomic E-state index is 5.81. The number of ether oxygens (including phenoxy) is 2. The van der Waals surface area contributed by atoms with Gasteiger partial charge in [-0.1, -0.05) is 15.9 Å². The Labute approximate surface area is 117 Å². The van der Waals surface area contributed by atoms with E-state index >= 15 is 0 Å². The van der Waals surface area contributed by atoms with Gasteiger partial charge < -0.3 is 15.2 Å². The van der Waals surface area contributed by atoms with Crippen molar-refractivity contribution in [3.63, 3.8) is 0 Å². The van der Waals surface area contributed by atoms with Crippen LogP contribution in [0.5, 0.6) is 5.75 Å². The molecule has 0 aromatic heterocycles. The van der Waals surface area contributed by atoms with Gasteiger partial charge in [-0.3, -0.25) is 0 Å². The highest BCUT2D eigenvalue weighted by molar-refractivity contribution is 9.10. The highest BCUT2D eigenvalue weighted by Gasteiger charge is 2.24. The van der Waals surface area contributed by atoms with E-state index in [0.717, 1.165) is 23.1 Å². The van der Waals surface area contributed by atoms with Crippen LogP contribution in [-0.4, -0.2) is 25.4 Å². The SMILES string of the molecule is Cc1cc(OCC2CCC(CN)O2)cc(C)c1Br. The van der Waals surface area contributed by atoms with Crippen LogP contribution in [0.15, 0.2) is 16.6 Å². The Morgan fingerprint density at radius 1 is 1.28 bits per heavy atom. The normalized spacial score (nSPS) is 23.3. The molecular weight excluding hydrogens is 294 g/mol. The molecule has 0 saturated carbocycles. The van der Waals surface area contributed by atoms with E-state index < -0.39 is 0 Å². The van der Waals surface area contributed by atoms with Crippen molar-refractivity contribution < 1.29 is 9.47 Å². The maximum atomic E-state index is 5.81. The predicted octanol–water partition coefficient (Wildman–Crippen LogP) is 2.95. The molecule has 1 aliphatic rings. The van der Waals surface area contributed by atoms with Crippen molar-refractivity contribution in [2.75, 3.05) is 13.2 Å². The van der Waals surface area contributed by atoms with Gasteiger partial charge in [0.15, 0.2) is 0 Å². The average Bonchev–Trinajstić information content (AvgIpc) is 2.81. The predicted molar refractivity (Wildman–Crippen MR) is 76.1 cm³/mol. The van der Waals surface area contributed by atoms with Crippen LogP contribution in [0.2, 0.25) is 0 Å². The first-order chi connectivity index (χ1) is 8.60. The average molecular weight is 314 g/mol.